The maximum atomic E-state index is 2.74. The van der Waals surface area contributed by atoms with E-state index in [0.29, 0.717) is 0 Å². The predicted molar refractivity (Wildman–Crippen MR) is 384 cm³/mol. The maximum Gasteiger partial charge on any atom is 0.254 e. The van der Waals surface area contributed by atoms with Gasteiger partial charge in [0, 0.05) is 70.4 Å². The second-order valence-electron chi connectivity index (χ2n) is 31.6. The lowest BCUT2D eigenvalue weighted by Crippen LogP contribution is -2.62. The first kappa shape index (κ1) is 56.3. The van der Waals surface area contributed by atoms with Crippen LogP contribution in [0.3, 0.4) is 0 Å². The summed E-state index contributed by atoms with van der Waals surface area (Å²) in [6.07, 6.45) is 2.36. The van der Waals surface area contributed by atoms with Crippen LogP contribution in [-0.4, -0.2) is 6.71 Å². The molecular weight excluding hydrogens is 1090 g/mol. The molecular formula is C85H83BN2S. The van der Waals surface area contributed by atoms with Crippen molar-refractivity contribution < 1.29 is 0 Å². The van der Waals surface area contributed by atoms with Crippen LogP contribution in [0.2, 0.25) is 0 Å². The molecule has 0 fully saturated rings. The topological polar surface area (TPSA) is 6.48 Å². The van der Waals surface area contributed by atoms with E-state index < -0.39 is 0 Å². The first-order valence-corrected chi connectivity index (χ1v) is 33.6. The summed E-state index contributed by atoms with van der Waals surface area (Å²) in [5, 5.41) is 2.74. The van der Waals surface area contributed by atoms with Gasteiger partial charge in [-0.15, -0.1) is 11.3 Å². The van der Waals surface area contributed by atoms with Crippen LogP contribution >= 0.6 is 11.3 Å². The number of nitrogens with zero attached hydrogens (tertiary/aromatic N) is 2. The van der Waals surface area contributed by atoms with Crippen molar-refractivity contribution in [2.24, 2.45) is 0 Å². The minimum Gasteiger partial charge on any atom is -0.311 e. The van der Waals surface area contributed by atoms with Gasteiger partial charge in [-0.25, -0.2) is 0 Å². The van der Waals surface area contributed by atoms with E-state index in [1.54, 1.807) is 0 Å². The lowest BCUT2D eigenvalue weighted by Gasteiger charge is -2.49. The summed E-state index contributed by atoms with van der Waals surface area (Å²) in [5.41, 5.74) is 32.3. The van der Waals surface area contributed by atoms with Crippen LogP contribution in [0, 0.1) is 6.92 Å². The van der Waals surface area contributed by atoms with Gasteiger partial charge in [-0.3, -0.25) is 0 Å². The average Bonchev–Trinajstić information content (AvgIpc) is 1.44. The Labute approximate surface area is 533 Å². The molecule has 0 N–H and O–H groups in total. The van der Waals surface area contributed by atoms with E-state index >= 15 is 0 Å². The lowest BCUT2D eigenvalue weighted by molar-refractivity contribution is 0.332. The molecule has 0 radical (unpaired) electrons. The van der Waals surface area contributed by atoms with Gasteiger partial charge in [0.1, 0.15) is 0 Å². The number of aryl methyl sites for hydroxylation is 1. The fourth-order valence-electron chi connectivity index (χ4n) is 17.5. The molecule has 2 nitrogen and oxygen atoms in total. The summed E-state index contributed by atoms with van der Waals surface area (Å²) >= 11 is 2.04. The highest BCUT2D eigenvalue weighted by molar-refractivity contribution is 7.28. The molecule has 89 heavy (non-hydrogen) atoms. The maximum absolute atomic E-state index is 2.74. The molecule has 0 unspecified atom stereocenters. The Kier molecular flexibility index (Phi) is 11.8. The van der Waals surface area contributed by atoms with Gasteiger partial charge in [0.05, 0.1) is 5.69 Å². The summed E-state index contributed by atoms with van der Waals surface area (Å²) in [6.45, 7) is 38.9. The summed E-state index contributed by atoms with van der Waals surface area (Å²) in [6, 6.07) is 74.7. The van der Waals surface area contributed by atoms with Crippen LogP contribution < -0.4 is 26.2 Å². The van der Waals surface area contributed by atoms with Crippen molar-refractivity contribution in [3.05, 3.63) is 255 Å². The quantitative estimate of drug-likeness (QED) is 0.162. The number of fused-ring (bicyclic) bond motifs is 13. The van der Waals surface area contributed by atoms with Gasteiger partial charge in [-0.05, 0) is 202 Å². The molecule has 0 spiro atoms. The van der Waals surface area contributed by atoms with Crippen LogP contribution in [0.5, 0.6) is 0 Å². The number of anilines is 6. The third kappa shape index (κ3) is 7.87. The van der Waals surface area contributed by atoms with Crippen molar-refractivity contribution >= 4 is 88.7 Å². The standard InChI is InChI=1S/C85H83BN2S/c1-50-26-20-21-29-55(50)52-42-73-76-74(43-52)88(70-38-34-53(79(2,3)4)44-57(70)51-27-18-17-19-28-51)71-39-36-56-58-46-64-65(81(7,8)41-40-80(64,5)6)49-75(58)89-78(56)77(71)86(76)69-47-67-68(85(15,16)62-33-25-24-32-61(62)84(67,13)14)48-72(69)87(73)54-35-37-63-66(45-54)83(11,12)60-31-23-22-30-59(60)82(63,9)10/h17-39,42-49H,40-41H2,1-16H3. The molecule has 16 rings (SSSR count). The lowest BCUT2D eigenvalue weighted by atomic mass is 9.33. The highest BCUT2D eigenvalue weighted by atomic mass is 32.1. The van der Waals surface area contributed by atoms with Crippen LogP contribution in [0.4, 0.5) is 34.1 Å². The first-order chi connectivity index (χ1) is 42.2. The van der Waals surface area contributed by atoms with Crippen molar-refractivity contribution in [1.82, 2.24) is 0 Å². The second-order valence-corrected chi connectivity index (χ2v) is 32.7. The molecule has 3 aliphatic carbocycles. The van der Waals surface area contributed by atoms with Gasteiger partial charge in [-0.2, -0.15) is 0 Å². The zero-order valence-corrected chi connectivity index (χ0v) is 56.0. The SMILES string of the molecule is Cc1ccccc1-c1cc2c3c(c1)N(c1ccc(C(C)(C)C)cc1-c1ccccc1)c1ccc4c(sc5cc6c(cc54)C(C)(C)CCC6(C)C)c1B3c1cc3c(cc1N2c1ccc2c(c1)C(C)(C)c1ccccc1C2(C)C)C(C)(C)c1ccccc1C3(C)C. The zero-order chi connectivity index (χ0) is 62.0. The molecule has 1 aromatic heterocycles. The number of benzene rings is 10. The molecule has 0 saturated heterocycles. The molecule has 5 aliphatic rings. The predicted octanol–water partition coefficient (Wildman–Crippen LogP) is 21.4. The third-order valence-electron chi connectivity index (χ3n) is 22.9. The van der Waals surface area contributed by atoms with Crippen molar-refractivity contribution in [3.8, 4) is 22.3 Å². The molecule has 0 bridgehead atoms. The van der Waals surface area contributed by atoms with Crippen molar-refractivity contribution in [2.45, 2.75) is 162 Å². The van der Waals surface area contributed by atoms with Crippen molar-refractivity contribution in [2.75, 3.05) is 9.80 Å². The fourth-order valence-corrected chi connectivity index (χ4v) is 18.8. The summed E-state index contributed by atoms with van der Waals surface area (Å²) < 4.78 is 2.77. The molecule has 4 heteroatoms. The molecule has 0 saturated carbocycles. The second kappa shape index (κ2) is 18.6. The van der Waals surface area contributed by atoms with Crippen LogP contribution in [0.25, 0.3) is 42.4 Å². The van der Waals surface area contributed by atoms with Gasteiger partial charge >= 0.3 is 0 Å². The minimum absolute atomic E-state index is 0.0725. The van der Waals surface area contributed by atoms with Crippen molar-refractivity contribution in [1.29, 1.82) is 0 Å². The van der Waals surface area contributed by atoms with Crippen LogP contribution in [-0.2, 0) is 37.9 Å². The molecule has 3 heterocycles. The smallest absolute Gasteiger partial charge is 0.254 e. The van der Waals surface area contributed by atoms with Crippen LogP contribution in [0.1, 0.15) is 183 Å². The summed E-state index contributed by atoms with van der Waals surface area (Å²) in [5.74, 6) is 0. The summed E-state index contributed by atoms with van der Waals surface area (Å²) in [7, 11) is 0. The Hall–Kier alpha value is -7.92. The number of thiophene rings is 1. The Bertz CT molecular complexity index is 4860. The summed E-state index contributed by atoms with van der Waals surface area (Å²) in [4.78, 5) is 5.47. The molecule has 0 atom stereocenters. The highest BCUT2D eigenvalue weighted by Crippen LogP contribution is 2.58. The van der Waals surface area contributed by atoms with Gasteiger partial charge in [0.25, 0.3) is 6.71 Å². The van der Waals surface area contributed by atoms with Gasteiger partial charge in [-0.1, -0.05) is 231 Å². The normalized spacial score (nSPS) is 18.0. The fraction of sp³-hybridized carbons (Fsp3) is 0.294. The molecule has 0 amide bonds. The monoisotopic (exact) mass is 1170 g/mol. The highest BCUT2D eigenvalue weighted by Gasteiger charge is 2.50. The molecule has 2 aliphatic heterocycles. The first-order valence-electron chi connectivity index (χ1n) is 32.8. The van der Waals surface area contributed by atoms with Crippen LogP contribution in [0.15, 0.2) is 188 Å². The molecule has 11 aromatic rings. The number of rotatable bonds is 4. The molecule has 442 valence electrons. The molecule has 10 aromatic carbocycles. The Morgan fingerprint density at radius 3 is 1.53 bits per heavy atom. The number of hydrogen-bond donors (Lipinski definition) is 0. The third-order valence-corrected chi connectivity index (χ3v) is 24.1. The average molecular weight is 1180 g/mol. The van der Waals surface area contributed by atoms with Crippen molar-refractivity contribution in [3.63, 3.8) is 0 Å². The van der Waals surface area contributed by atoms with E-state index in [1.807, 2.05) is 11.3 Å². The Balaban J connectivity index is 1.09. The van der Waals surface area contributed by atoms with E-state index in [9.17, 15) is 0 Å². The van der Waals surface area contributed by atoms with Gasteiger partial charge < -0.3 is 9.80 Å². The van der Waals surface area contributed by atoms with E-state index in [4.69, 9.17) is 0 Å². The van der Waals surface area contributed by atoms with E-state index in [-0.39, 0.29) is 44.6 Å². The van der Waals surface area contributed by atoms with E-state index in [1.165, 1.54) is 173 Å². The largest absolute Gasteiger partial charge is 0.311 e. The van der Waals surface area contributed by atoms with Gasteiger partial charge in [0.2, 0.25) is 0 Å². The van der Waals surface area contributed by atoms with E-state index in [2.05, 4.69) is 309 Å². The Morgan fingerprint density at radius 2 is 0.910 bits per heavy atom. The zero-order valence-electron chi connectivity index (χ0n) is 55.2. The van der Waals surface area contributed by atoms with E-state index in [0.717, 1.165) is 0 Å². The Morgan fingerprint density at radius 1 is 0.382 bits per heavy atom. The number of hydrogen-bond acceptors (Lipinski definition) is 3. The minimum atomic E-state index is -0.282. The van der Waals surface area contributed by atoms with Gasteiger partial charge in [0.15, 0.2) is 0 Å².